The second-order valence-corrected chi connectivity index (χ2v) is 7.78. The van der Waals surface area contributed by atoms with Crippen LogP contribution < -0.4 is 4.90 Å². The van der Waals surface area contributed by atoms with E-state index in [4.69, 9.17) is 4.74 Å². The minimum absolute atomic E-state index is 0.0425. The highest BCUT2D eigenvalue weighted by Crippen LogP contribution is 2.34. The van der Waals surface area contributed by atoms with Gasteiger partial charge in [0.05, 0.1) is 24.8 Å². The van der Waals surface area contributed by atoms with Gasteiger partial charge >= 0.3 is 0 Å². The van der Waals surface area contributed by atoms with E-state index in [2.05, 4.69) is 0 Å². The van der Waals surface area contributed by atoms with Crippen molar-refractivity contribution in [1.29, 1.82) is 0 Å². The van der Waals surface area contributed by atoms with Gasteiger partial charge in [0.25, 0.3) is 11.8 Å². The van der Waals surface area contributed by atoms with E-state index >= 15 is 0 Å². The third-order valence-electron chi connectivity index (χ3n) is 5.36. The molecule has 1 heterocycles. The summed E-state index contributed by atoms with van der Waals surface area (Å²) in [6, 6.07) is 15.6. The maximum atomic E-state index is 13.5. The third-order valence-corrected chi connectivity index (χ3v) is 5.36. The monoisotopic (exact) mass is 406 g/mol. The zero-order chi connectivity index (χ0) is 21.8. The van der Waals surface area contributed by atoms with E-state index in [1.165, 1.54) is 4.90 Å². The number of carbonyl (C=O) groups is 2. The number of nitrogens with zero attached hydrogens (tertiary/aromatic N) is 2. The molecule has 0 saturated heterocycles. The Labute approximate surface area is 178 Å². The Morgan fingerprint density at radius 3 is 2.27 bits per heavy atom. The number of benzene rings is 2. The third kappa shape index (κ3) is 4.31. The molecule has 0 spiro atoms. The number of imide groups is 1. The number of carbonyl (C=O) groups excluding carboxylic acids is 2. The molecular formula is C25H30N2O3. The topological polar surface area (TPSA) is 49.9 Å². The molecule has 0 saturated carbocycles. The van der Waals surface area contributed by atoms with Gasteiger partial charge in [-0.15, -0.1) is 0 Å². The number of aryl methyl sites for hydroxylation is 2. The summed E-state index contributed by atoms with van der Waals surface area (Å²) in [5.74, 6) is -0.536. The predicted molar refractivity (Wildman–Crippen MR) is 120 cm³/mol. The SMILES string of the molecule is CCN(C1=C(c2ccc(C)c(C)c2)C(=O)N(CCOC(C)C)C1=O)c1ccccc1. The summed E-state index contributed by atoms with van der Waals surface area (Å²) in [5.41, 5.74) is 4.78. The van der Waals surface area contributed by atoms with Crippen LogP contribution in [0.15, 0.2) is 54.2 Å². The van der Waals surface area contributed by atoms with Crippen molar-refractivity contribution in [3.8, 4) is 0 Å². The Balaban J connectivity index is 2.09. The quantitative estimate of drug-likeness (QED) is 0.612. The Kier molecular flexibility index (Phi) is 6.73. The summed E-state index contributed by atoms with van der Waals surface area (Å²) in [6.45, 7) is 11.0. The predicted octanol–water partition coefficient (Wildman–Crippen LogP) is 4.33. The molecule has 1 aliphatic heterocycles. The first kappa shape index (κ1) is 21.8. The highest BCUT2D eigenvalue weighted by atomic mass is 16.5. The van der Waals surface area contributed by atoms with E-state index in [1.807, 2.05) is 88.0 Å². The van der Waals surface area contributed by atoms with Gasteiger partial charge in [0.15, 0.2) is 0 Å². The van der Waals surface area contributed by atoms with Gasteiger partial charge in [-0.2, -0.15) is 0 Å². The summed E-state index contributed by atoms with van der Waals surface area (Å²) >= 11 is 0. The molecule has 0 atom stereocenters. The van der Waals surface area contributed by atoms with Crippen molar-refractivity contribution in [1.82, 2.24) is 4.90 Å². The molecule has 0 unspecified atom stereocenters. The lowest BCUT2D eigenvalue weighted by molar-refractivity contribution is -0.138. The van der Waals surface area contributed by atoms with Crippen molar-refractivity contribution >= 4 is 23.1 Å². The summed E-state index contributed by atoms with van der Waals surface area (Å²) < 4.78 is 5.60. The normalized spacial score (nSPS) is 14.3. The van der Waals surface area contributed by atoms with Gasteiger partial charge < -0.3 is 9.64 Å². The molecule has 30 heavy (non-hydrogen) atoms. The number of likely N-dealkylation sites (N-methyl/N-ethyl adjacent to an activating group) is 1. The van der Waals surface area contributed by atoms with Crippen LogP contribution >= 0.6 is 0 Å². The minimum Gasteiger partial charge on any atom is -0.377 e. The van der Waals surface area contributed by atoms with Crippen molar-refractivity contribution in [2.24, 2.45) is 0 Å². The summed E-state index contributed by atoms with van der Waals surface area (Å²) in [5, 5.41) is 0. The lowest BCUT2D eigenvalue weighted by Gasteiger charge is -2.25. The maximum Gasteiger partial charge on any atom is 0.278 e. The van der Waals surface area contributed by atoms with E-state index < -0.39 is 0 Å². The van der Waals surface area contributed by atoms with Crippen LogP contribution in [0, 0.1) is 13.8 Å². The van der Waals surface area contributed by atoms with Crippen LogP contribution in [-0.4, -0.2) is 42.5 Å². The van der Waals surface area contributed by atoms with Gasteiger partial charge in [0, 0.05) is 12.2 Å². The average molecular weight is 407 g/mol. The van der Waals surface area contributed by atoms with Crippen LogP contribution in [0.3, 0.4) is 0 Å². The number of hydrogen-bond donors (Lipinski definition) is 0. The second kappa shape index (κ2) is 9.26. The van der Waals surface area contributed by atoms with Crippen LogP contribution in [0.25, 0.3) is 5.57 Å². The lowest BCUT2D eigenvalue weighted by Crippen LogP contribution is -2.37. The van der Waals surface area contributed by atoms with Gasteiger partial charge in [-0.05, 0) is 63.4 Å². The molecule has 1 aliphatic rings. The smallest absolute Gasteiger partial charge is 0.278 e. The van der Waals surface area contributed by atoms with E-state index in [0.717, 1.165) is 22.4 Å². The fourth-order valence-electron chi connectivity index (χ4n) is 3.63. The number of rotatable bonds is 8. The molecule has 2 aromatic rings. The van der Waals surface area contributed by atoms with Gasteiger partial charge in [-0.25, -0.2) is 0 Å². The first-order valence-electron chi connectivity index (χ1n) is 10.5. The van der Waals surface area contributed by atoms with Crippen LogP contribution in [0.4, 0.5) is 5.69 Å². The van der Waals surface area contributed by atoms with Crippen molar-refractivity contribution < 1.29 is 14.3 Å². The largest absolute Gasteiger partial charge is 0.377 e. The molecule has 0 bridgehead atoms. The van der Waals surface area contributed by atoms with Crippen molar-refractivity contribution in [2.75, 3.05) is 24.6 Å². The zero-order valence-electron chi connectivity index (χ0n) is 18.4. The molecule has 5 nitrogen and oxygen atoms in total. The molecule has 0 radical (unpaired) electrons. The van der Waals surface area contributed by atoms with Crippen LogP contribution in [0.1, 0.15) is 37.5 Å². The van der Waals surface area contributed by atoms with Gasteiger partial charge in [0.2, 0.25) is 0 Å². The molecule has 0 aliphatic carbocycles. The Bertz CT molecular complexity index is 964. The Morgan fingerprint density at radius 2 is 1.67 bits per heavy atom. The first-order chi connectivity index (χ1) is 14.3. The van der Waals surface area contributed by atoms with Crippen molar-refractivity contribution in [2.45, 2.75) is 40.7 Å². The maximum absolute atomic E-state index is 13.5. The summed E-state index contributed by atoms with van der Waals surface area (Å²) in [7, 11) is 0. The zero-order valence-corrected chi connectivity index (χ0v) is 18.4. The molecule has 0 N–H and O–H groups in total. The van der Waals surface area contributed by atoms with Crippen LogP contribution in [-0.2, 0) is 14.3 Å². The number of ether oxygens (including phenoxy) is 1. The van der Waals surface area contributed by atoms with E-state index in [-0.39, 0.29) is 24.5 Å². The molecule has 158 valence electrons. The number of para-hydroxylation sites is 1. The summed E-state index contributed by atoms with van der Waals surface area (Å²) in [6.07, 6.45) is 0.0425. The lowest BCUT2D eigenvalue weighted by atomic mass is 9.99. The highest BCUT2D eigenvalue weighted by molar-refractivity contribution is 6.36. The van der Waals surface area contributed by atoms with Gasteiger partial charge in [-0.3, -0.25) is 14.5 Å². The fourth-order valence-corrected chi connectivity index (χ4v) is 3.63. The summed E-state index contributed by atoms with van der Waals surface area (Å²) in [4.78, 5) is 30.1. The fraction of sp³-hybridized carbons (Fsp3) is 0.360. The average Bonchev–Trinajstić information content (AvgIpc) is 2.96. The molecule has 3 rings (SSSR count). The van der Waals surface area contributed by atoms with Crippen LogP contribution in [0.2, 0.25) is 0 Å². The molecule has 0 aromatic heterocycles. The van der Waals surface area contributed by atoms with Crippen LogP contribution in [0.5, 0.6) is 0 Å². The van der Waals surface area contributed by atoms with E-state index in [9.17, 15) is 9.59 Å². The first-order valence-corrected chi connectivity index (χ1v) is 10.5. The highest BCUT2D eigenvalue weighted by Gasteiger charge is 2.41. The second-order valence-electron chi connectivity index (χ2n) is 7.78. The van der Waals surface area contributed by atoms with Gasteiger partial charge in [0.1, 0.15) is 5.70 Å². The van der Waals surface area contributed by atoms with Gasteiger partial charge in [-0.1, -0.05) is 36.4 Å². The number of hydrogen-bond acceptors (Lipinski definition) is 4. The van der Waals surface area contributed by atoms with Crippen molar-refractivity contribution in [3.63, 3.8) is 0 Å². The number of amides is 2. The molecular weight excluding hydrogens is 376 g/mol. The van der Waals surface area contributed by atoms with E-state index in [1.54, 1.807) is 0 Å². The van der Waals surface area contributed by atoms with E-state index in [0.29, 0.717) is 24.4 Å². The molecule has 5 heteroatoms. The van der Waals surface area contributed by atoms with Crippen molar-refractivity contribution in [3.05, 3.63) is 70.9 Å². The number of anilines is 1. The molecule has 2 aromatic carbocycles. The molecule has 2 amide bonds. The molecule has 0 fully saturated rings. The Morgan fingerprint density at radius 1 is 0.967 bits per heavy atom. The Hall–Kier alpha value is -2.92. The standard InChI is InChI=1S/C25H30N2O3/c1-6-26(21-10-8-7-9-11-21)23-22(20-13-12-18(4)19(5)16-20)24(28)27(25(23)29)14-15-30-17(2)3/h7-13,16-17H,6,14-15H2,1-5H3. The minimum atomic E-state index is -0.272.